The molecule has 0 aliphatic rings. The molecule has 3 heterocycles. The van der Waals surface area contributed by atoms with E-state index < -0.39 is 10.0 Å². The minimum Gasteiger partial charge on any atom is -0.280 e. The summed E-state index contributed by atoms with van der Waals surface area (Å²) in [6.45, 7) is 0. The van der Waals surface area contributed by atoms with E-state index in [2.05, 4.69) is 25.0 Å². The zero-order valence-corrected chi connectivity index (χ0v) is 18.0. The van der Waals surface area contributed by atoms with Gasteiger partial charge in [0.05, 0.1) is 10.7 Å². The van der Waals surface area contributed by atoms with Gasteiger partial charge in [-0.2, -0.15) is 9.61 Å². The molecule has 8 nitrogen and oxygen atoms in total. The van der Waals surface area contributed by atoms with Crippen molar-refractivity contribution in [3.8, 4) is 22.6 Å². The van der Waals surface area contributed by atoms with Crippen molar-refractivity contribution in [2.24, 2.45) is 0 Å². The van der Waals surface area contributed by atoms with E-state index in [0.717, 1.165) is 11.1 Å². The first-order valence-electron chi connectivity index (χ1n) is 9.52. The summed E-state index contributed by atoms with van der Waals surface area (Å²) in [6.07, 6.45) is 3.35. The average Bonchev–Trinajstić information content (AvgIpc) is 3.23. The third kappa shape index (κ3) is 3.79. The van der Waals surface area contributed by atoms with Crippen molar-refractivity contribution in [3.63, 3.8) is 0 Å². The zero-order chi connectivity index (χ0) is 22.1. The van der Waals surface area contributed by atoms with Crippen molar-refractivity contribution >= 4 is 33.0 Å². The smallest absolute Gasteiger partial charge is 0.263 e. The molecule has 0 aliphatic heterocycles. The van der Waals surface area contributed by atoms with Gasteiger partial charge in [-0.3, -0.25) is 9.71 Å². The number of rotatable bonds is 5. The van der Waals surface area contributed by atoms with Gasteiger partial charge in [-0.1, -0.05) is 35.9 Å². The minimum absolute atomic E-state index is 0.0121. The van der Waals surface area contributed by atoms with E-state index >= 15 is 0 Å². The number of hydrogen-bond donors (Lipinski definition) is 1. The number of benzene rings is 2. The lowest BCUT2D eigenvalue weighted by Crippen LogP contribution is -2.13. The maximum Gasteiger partial charge on any atom is 0.263 e. The van der Waals surface area contributed by atoms with Gasteiger partial charge in [0, 0.05) is 29.2 Å². The van der Waals surface area contributed by atoms with Crippen LogP contribution in [0.3, 0.4) is 0 Å². The molecule has 3 aromatic heterocycles. The summed E-state index contributed by atoms with van der Waals surface area (Å²) in [5.74, 6) is 0.583. The Morgan fingerprint density at radius 1 is 0.844 bits per heavy atom. The van der Waals surface area contributed by atoms with Crippen LogP contribution < -0.4 is 4.72 Å². The lowest BCUT2D eigenvalue weighted by molar-refractivity contribution is 0.601. The highest BCUT2D eigenvalue weighted by Gasteiger charge is 2.18. The van der Waals surface area contributed by atoms with Gasteiger partial charge in [-0.25, -0.2) is 8.42 Å². The fraction of sp³-hybridized carbons (Fsp3) is 0. The Morgan fingerprint density at radius 3 is 2.47 bits per heavy atom. The van der Waals surface area contributed by atoms with Crippen LogP contribution in [0.15, 0.2) is 90.1 Å². The Bertz CT molecular complexity index is 1540. The number of hydrogen-bond acceptors (Lipinski definition) is 6. The van der Waals surface area contributed by atoms with Crippen LogP contribution >= 0.6 is 11.6 Å². The maximum atomic E-state index is 12.8. The molecule has 0 unspecified atom stereocenters. The van der Waals surface area contributed by atoms with Crippen molar-refractivity contribution < 1.29 is 8.42 Å². The van der Waals surface area contributed by atoms with Crippen LogP contribution in [-0.4, -0.2) is 33.2 Å². The molecule has 1 N–H and O–H groups in total. The number of halogens is 1. The quantitative estimate of drug-likeness (QED) is 0.417. The number of nitrogens with zero attached hydrogens (tertiary/aromatic N) is 5. The van der Waals surface area contributed by atoms with Gasteiger partial charge in [0.15, 0.2) is 11.5 Å². The summed E-state index contributed by atoms with van der Waals surface area (Å²) < 4.78 is 29.8. The highest BCUT2D eigenvalue weighted by molar-refractivity contribution is 7.92. The summed E-state index contributed by atoms with van der Waals surface area (Å²) in [5.41, 5.74) is 3.17. The van der Waals surface area contributed by atoms with Crippen molar-refractivity contribution in [2.45, 2.75) is 4.90 Å². The monoisotopic (exact) mass is 462 g/mol. The molecule has 0 fully saturated rings. The molecule has 5 aromatic rings. The van der Waals surface area contributed by atoms with Gasteiger partial charge >= 0.3 is 0 Å². The van der Waals surface area contributed by atoms with Gasteiger partial charge in [-0.05, 0) is 48.5 Å². The van der Waals surface area contributed by atoms with Gasteiger partial charge in [-0.15, -0.1) is 10.2 Å². The van der Waals surface area contributed by atoms with E-state index in [1.165, 1.54) is 12.1 Å². The van der Waals surface area contributed by atoms with E-state index in [0.29, 0.717) is 22.9 Å². The Hall–Kier alpha value is -3.82. The summed E-state index contributed by atoms with van der Waals surface area (Å²) >= 11 is 6.06. The summed E-state index contributed by atoms with van der Waals surface area (Å²) in [5, 5.41) is 13.2. The van der Waals surface area contributed by atoms with E-state index in [1.807, 2.05) is 24.3 Å². The molecular formula is C22H15ClN6O2S. The number of nitrogens with one attached hydrogen (secondary N) is 1. The molecule has 10 heteroatoms. The van der Waals surface area contributed by atoms with Crippen LogP contribution in [0.5, 0.6) is 0 Å². The predicted molar refractivity (Wildman–Crippen MR) is 122 cm³/mol. The normalized spacial score (nSPS) is 11.5. The molecule has 0 amide bonds. The fourth-order valence-corrected chi connectivity index (χ4v) is 4.81. The van der Waals surface area contributed by atoms with E-state index in [9.17, 15) is 8.42 Å². The molecule has 158 valence electrons. The molecule has 32 heavy (non-hydrogen) atoms. The molecule has 0 bridgehead atoms. The van der Waals surface area contributed by atoms with Crippen LogP contribution in [0, 0.1) is 0 Å². The molecule has 0 spiro atoms. The maximum absolute atomic E-state index is 12.8. The van der Waals surface area contributed by atoms with Gasteiger partial charge in [0.1, 0.15) is 4.90 Å². The van der Waals surface area contributed by atoms with Crippen molar-refractivity contribution in [1.29, 1.82) is 0 Å². The second kappa shape index (κ2) is 8.03. The number of pyridine rings is 1. The van der Waals surface area contributed by atoms with Crippen molar-refractivity contribution in [3.05, 3.63) is 90.2 Å². The average molecular weight is 463 g/mol. The van der Waals surface area contributed by atoms with Gasteiger partial charge < -0.3 is 0 Å². The third-order valence-corrected chi connectivity index (χ3v) is 6.62. The largest absolute Gasteiger partial charge is 0.280 e. The van der Waals surface area contributed by atoms with E-state index in [-0.39, 0.29) is 9.92 Å². The van der Waals surface area contributed by atoms with Crippen molar-refractivity contribution in [1.82, 2.24) is 24.8 Å². The summed E-state index contributed by atoms with van der Waals surface area (Å²) in [4.78, 5) is 4.04. The van der Waals surface area contributed by atoms with Gasteiger partial charge in [0.2, 0.25) is 0 Å². The first-order valence-corrected chi connectivity index (χ1v) is 11.4. The van der Waals surface area contributed by atoms with E-state index in [4.69, 9.17) is 11.6 Å². The SMILES string of the molecule is O=S(=O)(Nc1cccc(-c2ccc3nnc(-c4ccncc4)n3n2)c1)c1ccccc1Cl. The number of aromatic nitrogens is 5. The van der Waals surface area contributed by atoms with Crippen LogP contribution in [0.4, 0.5) is 5.69 Å². The second-order valence-electron chi connectivity index (χ2n) is 6.86. The molecule has 0 saturated heterocycles. The van der Waals surface area contributed by atoms with E-state index in [1.54, 1.807) is 53.3 Å². The lowest BCUT2D eigenvalue weighted by atomic mass is 10.1. The topological polar surface area (TPSA) is 102 Å². The fourth-order valence-electron chi connectivity index (χ4n) is 3.24. The van der Waals surface area contributed by atoms with Crippen LogP contribution in [0.2, 0.25) is 5.02 Å². The van der Waals surface area contributed by atoms with Gasteiger partial charge in [0.25, 0.3) is 10.0 Å². The van der Waals surface area contributed by atoms with Crippen molar-refractivity contribution in [2.75, 3.05) is 4.72 Å². The Kier molecular flexibility index (Phi) is 5.04. The molecule has 5 rings (SSSR count). The molecule has 2 aromatic carbocycles. The number of anilines is 1. The highest BCUT2D eigenvalue weighted by atomic mass is 35.5. The Morgan fingerprint density at radius 2 is 1.66 bits per heavy atom. The molecule has 0 radical (unpaired) electrons. The first-order chi connectivity index (χ1) is 15.5. The zero-order valence-electron chi connectivity index (χ0n) is 16.4. The minimum atomic E-state index is -3.84. The van der Waals surface area contributed by atoms with Crippen LogP contribution in [0.1, 0.15) is 0 Å². The first kappa shape index (κ1) is 20.1. The predicted octanol–water partition coefficient (Wildman–Crippen LogP) is 4.31. The molecule has 0 saturated carbocycles. The highest BCUT2D eigenvalue weighted by Crippen LogP contribution is 2.26. The summed E-state index contributed by atoms with van der Waals surface area (Å²) in [6, 6.07) is 20.5. The number of sulfonamides is 1. The second-order valence-corrected chi connectivity index (χ2v) is 8.92. The molecular weight excluding hydrogens is 448 g/mol. The number of fused-ring (bicyclic) bond motifs is 1. The Labute approximate surface area is 188 Å². The standard InChI is InChI=1S/C22H15ClN6O2S/c23-18-6-1-2-7-20(18)32(30,31)28-17-5-3-4-16(14-17)19-8-9-21-25-26-22(29(21)27-19)15-10-12-24-13-11-15/h1-14,28H. The molecule has 0 aliphatic carbocycles. The van der Waals surface area contributed by atoms with Crippen LogP contribution in [-0.2, 0) is 10.0 Å². The Balaban J connectivity index is 1.51. The summed E-state index contributed by atoms with van der Waals surface area (Å²) in [7, 11) is -3.84. The lowest BCUT2D eigenvalue weighted by Gasteiger charge is -2.11. The van der Waals surface area contributed by atoms with Crippen LogP contribution in [0.25, 0.3) is 28.3 Å². The molecule has 0 atom stereocenters. The third-order valence-electron chi connectivity index (χ3n) is 4.74.